The number of likely N-dealkylation sites (N-methyl/N-ethyl adjacent to an activating group) is 2. The molecule has 0 aromatic heterocycles. The third kappa shape index (κ3) is 19.1. The molecule has 8 N–H and O–H groups in total. The Morgan fingerprint density at radius 3 is 1.30 bits per heavy atom. The maximum atomic E-state index is 14.1. The summed E-state index contributed by atoms with van der Waals surface area (Å²) in [6, 6.07) is 9.20. The Morgan fingerprint density at radius 2 is 0.936 bits per heavy atom. The topological polar surface area (TPSA) is 319 Å². The number of aliphatic hydroxyl groups is 8. The van der Waals surface area contributed by atoms with Gasteiger partial charge in [0.05, 0.1) is 83.3 Å². The molecule has 0 aliphatic carbocycles. The van der Waals surface area contributed by atoms with Crippen LogP contribution in [0.3, 0.4) is 0 Å². The van der Waals surface area contributed by atoms with E-state index in [1.165, 1.54) is 41.9 Å². The van der Waals surface area contributed by atoms with Gasteiger partial charge in [0.1, 0.15) is 48.8 Å². The first-order valence-corrected chi connectivity index (χ1v) is 34.0. The van der Waals surface area contributed by atoms with Gasteiger partial charge in [-0.3, -0.25) is 14.5 Å². The SMILES string of the molecule is CC[C@H]1OC(=O)[C@H](C)[C@@H](O)[C@H](C)[C@@H](O[C@H]2O[C@@H](C)C[C@@H](N(C)C)[C@@H]2O)[C@@](C)(OC)C[C@@H](C)/C(=N\OC/C=C/CO/N=C2\[C@H](C)C[C@](C)(OC)[C@H](O[C@@H]3O[C@H](C)C[C@H](N(C)Cc4ccccc4)[C@H]3O)[C@@H](C)[C@H](O)[C@@H](C)C(=O)O[C@H](CC)[C@@](C)(O)[C@H](O)[C@H]2C)[C@H](C)[C@@H](O)[C@]1(C)O. The van der Waals surface area contributed by atoms with Crippen LogP contribution in [0.25, 0.3) is 0 Å². The van der Waals surface area contributed by atoms with Crippen molar-refractivity contribution >= 4 is 23.4 Å². The van der Waals surface area contributed by atoms with Crippen LogP contribution in [0.2, 0.25) is 0 Å². The molecule has 5 rings (SSSR count). The van der Waals surface area contributed by atoms with Crippen molar-refractivity contribution in [2.24, 2.45) is 57.7 Å². The number of hydrogen-bond acceptors (Lipinski definition) is 24. The summed E-state index contributed by atoms with van der Waals surface area (Å²) in [5.74, 6) is -8.61. The summed E-state index contributed by atoms with van der Waals surface area (Å²) in [6.07, 6.45) is -10.9. The molecule has 28 atom stereocenters. The van der Waals surface area contributed by atoms with Crippen molar-refractivity contribution in [2.75, 3.05) is 48.6 Å². The minimum Gasteiger partial charge on any atom is -0.459 e. The summed E-state index contributed by atoms with van der Waals surface area (Å²) in [5, 5.41) is 106. The summed E-state index contributed by atoms with van der Waals surface area (Å²) in [5.41, 5.74) is -4.97. The number of hydrogen-bond donors (Lipinski definition) is 8. The molecular weight excluding hydrogens is 1220 g/mol. The van der Waals surface area contributed by atoms with E-state index in [0.29, 0.717) is 30.8 Å². The second-order valence-corrected chi connectivity index (χ2v) is 28.9. The second-order valence-electron chi connectivity index (χ2n) is 28.9. The van der Waals surface area contributed by atoms with Crippen LogP contribution >= 0.6 is 0 Å². The van der Waals surface area contributed by atoms with E-state index in [0.717, 1.165) is 5.56 Å². The van der Waals surface area contributed by atoms with E-state index in [4.69, 9.17) is 47.6 Å². The van der Waals surface area contributed by atoms with E-state index in [2.05, 4.69) is 15.2 Å². The van der Waals surface area contributed by atoms with Crippen LogP contribution in [-0.2, 0) is 63.7 Å². The van der Waals surface area contributed by atoms with Crippen LogP contribution in [0.4, 0.5) is 0 Å². The average molecular weight is 1340 g/mol. The van der Waals surface area contributed by atoms with E-state index in [1.54, 1.807) is 67.5 Å². The molecule has 1 aromatic carbocycles. The minimum absolute atomic E-state index is 0.112. The smallest absolute Gasteiger partial charge is 0.311 e. The van der Waals surface area contributed by atoms with Crippen molar-refractivity contribution in [2.45, 2.75) is 276 Å². The van der Waals surface area contributed by atoms with Crippen molar-refractivity contribution in [1.29, 1.82) is 0 Å². The van der Waals surface area contributed by atoms with E-state index < -0.39 is 161 Å². The van der Waals surface area contributed by atoms with Crippen LogP contribution in [0.5, 0.6) is 0 Å². The molecule has 0 saturated carbocycles. The van der Waals surface area contributed by atoms with Gasteiger partial charge in [-0.05, 0) is 133 Å². The highest BCUT2D eigenvalue weighted by Crippen LogP contribution is 2.43. The third-order valence-electron chi connectivity index (χ3n) is 21.1. The molecule has 0 radical (unpaired) electrons. The average Bonchev–Trinajstić information content (AvgIpc) is 0.799. The lowest BCUT2D eigenvalue weighted by Gasteiger charge is -2.48. The fraction of sp³-hybridized carbons (Fsp3) is 0.829. The summed E-state index contributed by atoms with van der Waals surface area (Å²) in [7, 11) is 8.67. The first kappa shape index (κ1) is 80.9. The normalized spacial score (nSPS) is 44.1. The zero-order valence-electron chi connectivity index (χ0n) is 60.0. The Morgan fingerprint density at radius 1 is 0.564 bits per heavy atom. The molecule has 24 nitrogen and oxygen atoms in total. The molecule has 4 saturated heterocycles. The Balaban J connectivity index is 1.48. The molecule has 4 aliphatic rings. The highest BCUT2D eigenvalue weighted by molar-refractivity contribution is 5.89. The largest absolute Gasteiger partial charge is 0.459 e. The Labute approximate surface area is 559 Å². The van der Waals surface area contributed by atoms with Crippen LogP contribution in [0.15, 0.2) is 52.8 Å². The number of oxime groups is 2. The number of carbonyl (C=O) groups is 2. The van der Waals surface area contributed by atoms with Crippen LogP contribution in [0, 0.1) is 47.3 Å². The Hall–Kier alpha value is -3.80. The monoisotopic (exact) mass is 1340 g/mol. The van der Waals surface area contributed by atoms with Gasteiger partial charge in [-0.15, -0.1) is 0 Å². The number of aliphatic hydroxyl groups excluding tert-OH is 6. The fourth-order valence-corrected chi connectivity index (χ4v) is 14.9. The Kier molecular flexibility index (Phi) is 29.9. The second kappa shape index (κ2) is 34.8. The van der Waals surface area contributed by atoms with E-state index in [-0.39, 0.29) is 57.1 Å². The van der Waals surface area contributed by atoms with Crippen molar-refractivity contribution in [3.05, 3.63) is 48.0 Å². The molecule has 94 heavy (non-hydrogen) atoms. The van der Waals surface area contributed by atoms with Crippen molar-refractivity contribution in [3.8, 4) is 0 Å². The number of methoxy groups -OCH3 is 2. The number of esters is 2. The third-order valence-corrected chi connectivity index (χ3v) is 21.1. The van der Waals surface area contributed by atoms with E-state index in [1.807, 2.05) is 84.1 Å². The first-order valence-electron chi connectivity index (χ1n) is 34.0. The molecule has 0 unspecified atom stereocenters. The Bertz CT molecular complexity index is 2600. The van der Waals surface area contributed by atoms with Gasteiger partial charge in [0.2, 0.25) is 0 Å². The van der Waals surface area contributed by atoms with Crippen molar-refractivity contribution in [1.82, 2.24) is 9.80 Å². The van der Waals surface area contributed by atoms with Gasteiger partial charge in [0.25, 0.3) is 0 Å². The summed E-state index contributed by atoms with van der Waals surface area (Å²) < 4.78 is 51.0. The first-order chi connectivity index (χ1) is 43.9. The maximum Gasteiger partial charge on any atom is 0.311 e. The van der Waals surface area contributed by atoms with Gasteiger partial charge in [-0.1, -0.05) is 96.0 Å². The van der Waals surface area contributed by atoms with Crippen molar-refractivity contribution in [3.63, 3.8) is 0 Å². The lowest BCUT2D eigenvalue weighted by molar-refractivity contribution is -0.302. The molecule has 24 heteroatoms. The molecule has 0 bridgehead atoms. The summed E-state index contributed by atoms with van der Waals surface area (Å²) >= 11 is 0. The summed E-state index contributed by atoms with van der Waals surface area (Å²) in [4.78, 5) is 44.0. The molecule has 0 spiro atoms. The van der Waals surface area contributed by atoms with Crippen LogP contribution in [-0.4, -0.2) is 243 Å². The van der Waals surface area contributed by atoms with E-state index in [9.17, 15) is 50.4 Å². The fourth-order valence-electron chi connectivity index (χ4n) is 14.9. The lowest BCUT2D eigenvalue weighted by Crippen LogP contribution is -2.60. The number of benzene rings is 1. The standard InChI is InChI=1S/C70H120N4O20/c1-22-51-69(15,83)59(79)42(7)53(38(3)35-67(13,85-20)61(44(9)55(75)46(11)63(81)91-51)93-65-57(77)49(73(17)18)33-40(5)89-65)71-87-31-27-28-32-88-72-54-39(4)36-68(14,86-21)62(45(10)56(76)47(12)64(82)92-52(23-2)70(16,84)60(80)43(54)8)94-66-58(78)50(34-41(6)90-66)74(19)37-48-29-25-24-26-30-48/h24-30,38-47,49-52,55-62,65-66,75-80,83-84H,22-23,31-37H2,1-21H3/b28-27+,71-53+,72-54+/t38-,39-,40+,41-,42+,43+,44+,45+,46-,47-,49-,50+,51-,52-,55+,56+,57+,58-,59-,60-,61-,62-,65-,66+,67+,68+,69-,70-/m1/s1. The summed E-state index contributed by atoms with van der Waals surface area (Å²) in [6.45, 7) is 27.6. The number of ether oxygens (including phenoxy) is 8. The van der Waals surface area contributed by atoms with Crippen LogP contribution < -0.4 is 0 Å². The molecule has 4 fully saturated rings. The number of nitrogens with zero attached hydrogens (tertiary/aromatic N) is 4. The lowest BCUT2D eigenvalue weighted by atomic mass is 9.73. The zero-order chi connectivity index (χ0) is 70.7. The van der Waals surface area contributed by atoms with Gasteiger partial charge in [0, 0.05) is 68.4 Å². The number of rotatable bonds is 18. The molecule has 4 aliphatic heterocycles. The highest BCUT2D eigenvalue weighted by Gasteiger charge is 2.55. The molecule has 1 aromatic rings. The number of carbonyl (C=O) groups excluding carboxylic acids is 2. The van der Waals surface area contributed by atoms with Gasteiger partial charge in [-0.25, -0.2) is 0 Å². The number of cyclic esters (lactones) is 2. The molecule has 540 valence electrons. The van der Waals surface area contributed by atoms with Gasteiger partial charge in [0.15, 0.2) is 12.6 Å². The predicted octanol–water partition coefficient (Wildman–Crippen LogP) is 5.78. The minimum atomic E-state index is -2.02. The van der Waals surface area contributed by atoms with Gasteiger partial charge < -0.3 is 93.3 Å². The van der Waals surface area contributed by atoms with E-state index >= 15 is 0 Å². The highest BCUT2D eigenvalue weighted by atomic mass is 16.7. The quantitative estimate of drug-likeness (QED) is 0.0374. The molecule has 0 amide bonds. The van der Waals surface area contributed by atoms with Crippen molar-refractivity contribution < 1.29 is 98.0 Å². The van der Waals surface area contributed by atoms with Crippen LogP contribution in [0.1, 0.15) is 155 Å². The molecule has 4 heterocycles. The predicted molar refractivity (Wildman–Crippen MR) is 354 cm³/mol. The maximum absolute atomic E-state index is 14.1. The zero-order valence-corrected chi connectivity index (χ0v) is 60.0. The van der Waals surface area contributed by atoms with Gasteiger partial charge >= 0.3 is 11.9 Å². The van der Waals surface area contributed by atoms with Gasteiger partial charge in [-0.2, -0.15) is 0 Å². The molecular formula is C70H120N4O20.